The maximum Gasteiger partial charge on any atom is 0.422 e. The average molecular weight is 315 g/mol. The first-order valence-electron chi connectivity index (χ1n) is 6.03. The van der Waals surface area contributed by atoms with E-state index in [1.54, 1.807) is 30.3 Å². The van der Waals surface area contributed by atoms with Gasteiger partial charge in [-0.1, -0.05) is 23.9 Å². The van der Waals surface area contributed by atoms with Crippen LogP contribution in [0, 0.1) is 5.21 Å². The Hall–Kier alpha value is -1.89. The van der Waals surface area contributed by atoms with Crippen molar-refractivity contribution in [3.8, 4) is 5.75 Å². The molecular formula is C14H12F3NO2S. The second-order valence-electron chi connectivity index (χ2n) is 4.20. The Morgan fingerprint density at radius 1 is 1.10 bits per heavy atom. The summed E-state index contributed by atoms with van der Waals surface area (Å²) in [6.45, 7) is -1.30. The van der Waals surface area contributed by atoms with E-state index in [9.17, 15) is 18.4 Å². The molecule has 0 saturated heterocycles. The minimum Gasteiger partial charge on any atom is -0.618 e. The summed E-state index contributed by atoms with van der Waals surface area (Å²) < 4.78 is 41.4. The number of nitrogens with zero attached hydrogens (tertiary/aromatic N) is 1. The normalized spacial score (nSPS) is 11.4. The van der Waals surface area contributed by atoms with Crippen LogP contribution in [-0.4, -0.2) is 12.8 Å². The highest BCUT2D eigenvalue weighted by atomic mass is 32.2. The van der Waals surface area contributed by atoms with Gasteiger partial charge in [-0.05, 0) is 23.8 Å². The Balaban J connectivity index is 1.89. The van der Waals surface area contributed by atoms with Gasteiger partial charge in [0.25, 0.3) is 5.03 Å². The van der Waals surface area contributed by atoms with Crippen molar-refractivity contribution in [1.82, 2.24) is 0 Å². The predicted octanol–water partition coefficient (Wildman–Crippen LogP) is 3.55. The Morgan fingerprint density at radius 3 is 2.43 bits per heavy atom. The third kappa shape index (κ3) is 5.18. The third-order valence-corrected chi connectivity index (χ3v) is 3.59. The van der Waals surface area contributed by atoms with E-state index >= 15 is 0 Å². The van der Waals surface area contributed by atoms with E-state index in [-0.39, 0.29) is 5.75 Å². The Kier molecular flexibility index (Phi) is 4.95. The standard InChI is InChI=1S/C14H12F3NO2S/c15-14(16,17)10-20-12-6-4-11(5-7-12)9-21-13-3-1-2-8-18(13)19/h1-8H,9-10H2. The lowest BCUT2D eigenvalue weighted by atomic mass is 10.2. The van der Waals surface area contributed by atoms with Gasteiger partial charge >= 0.3 is 6.18 Å². The number of hydrogen-bond donors (Lipinski definition) is 0. The summed E-state index contributed by atoms with van der Waals surface area (Å²) in [5.74, 6) is 0.714. The first-order valence-corrected chi connectivity index (χ1v) is 7.02. The van der Waals surface area contributed by atoms with Crippen LogP contribution in [0.3, 0.4) is 0 Å². The molecule has 0 unspecified atom stereocenters. The minimum absolute atomic E-state index is 0.166. The molecule has 2 aromatic rings. The lowest BCUT2D eigenvalue weighted by Gasteiger charge is -2.09. The molecule has 0 aliphatic heterocycles. The number of hydrogen-bond acceptors (Lipinski definition) is 3. The summed E-state index contributed by atoms with van der Waals surface area (Å²) in [5.41, 5.74) is 0.892. The van der Waals surface area contributed by atoms with Crippen molar-refractivity contribution in [2.75, 3.05) is 6.61 Å². The highest BCUT2D eigenvalue weighted by Gasteiger charge is 2.28. The van der Waals surface area contributed by atoms with E-state index in [1.807, 2.05) is 0 Å². The molecule has 0 spiro atoms. The molecule has 2 rings (SSSR count). The van der Waals surface area contributed by atoms with Crippen molar-refractivity contribution >= 4 is 11.8 Å². The number of rotatable bonds is 5. The molecule has 3 nitrogen and oxygen atoms in total. The first-order chi connectivity index (χ1) is 9.94. The van der Waals surface area contributed by atoms with Crippen molar-refractivity contribution in [1.29, 1.82) is 0 Å². The van der Waals surface area contributed by atoms with Crippen LogP contribution < -0.4 is 9.47 Å². The van der Waals surface area contributed by atoms with Crippen LogP contribution in [0.5, 0.6) is 5.75 Å². The van der Waals surface area contributed by atoms with Crippen LogP contribution >= 0.6 is 11.8 Å². The Morgan fingerprint density at radius 2 is 1.81 bits per heavy atom. The molecule has 112 valence electrons. The molecule has 21 heavy (non-hydrogen) atoms. The summed E-state index contributed by atoms with van der Waals surface area (Å²) in [6.07, 6.45) is -2.93. The minimum atomic E-state index is -4.34. The van der Waals surface area contributed by atoms with Gasteiger partial charge < -0.3 is 9.94 Å². The van der Waals surface area contributed by atoms with Crippen LogP contribution in [0.4, 0.5) is 13.2 Å². The molecule has 0 N–H and O–H groups in total. The monoisotopic (exact) mass is 315 g/mol. The van der Waals surface area contributed by atoms with Gasteiger partial charge in [-0.15, -0.1) is 0 Å². The number of ether oxygens (including phenoxy) is 1. The van der Waals surface area contributed by atoms with Crippen molar-refractivity contribution in [2.45, 2.75) is 17.0 Å². The number of alkyl halides is 3. The van der Waals surface area contributed by atoms with Gasteiger partial charge in [0.1, 0.15) is 5.75 Å². The largest absolute Gasteiger partial charge is 0.618 e. The van der Waals surface area contributed by atoms with Gasteiger partial charge in [0, 0.05) is 17.9 Å². The number of benzene rings is 1. The lowest BCUT2D eigenvalue weighted by Crippen LogP contribution is -2.27. The average Bonchev–Trinajstić information content (AvgIpc) is 2.45. The second kappa shape index (κ2) is 6.71. The van der Waals surface area contributed by atoms with Crippen LogP contribution in [0.25, 0.3) is 0 Å². The van der Waals surface area contributed by atoms with Gasteiger partial charge in [-0.25, -0.2) is 0 Å². The van der Waals surface area contributed by atoms with Gasteiger partial charge in [0.05, 0.1) is 0 Å². The van der Waals surface area contributed by atoms with E-state index in [2.05, 4.69) is 4.74 Å². The topological polar surface area (TPSA) is 36.2 Å². The number of pyridine rings is 1. The van der Waals surface area contributed by atoms with E-state index in [0.29, 0.717) is 10.8 Å². The van der Waals surface area contributed by atoms with Crippen molar-refractivity contribution < 1.29 is 22.6 Å². The quantitative estimate of drug-likeness (QED) is 0.481. The molecule has 0 atom stereocenters. The maximum absolute atomic E-state index is 12.0. The van der Waals surface area contributed by atoms with Gasteiger partial charge in [0.15, 0.2) is 12.8 Å². The van der Waals surface area contributed by atoms with Gasteiger partial charge in [-0.3, -0.25) is 0 Å². The fourth-order valence-corrected chi connectivity index (χ4v) is 2.40. The number of aromatic nitrogens is 1. The summed E-state index contributed by atoms with van der Waals surface area (Å²) in [6, 6.07) is 11.4. The van der Waals surface area contributed by atoms with E-state index in [0.717, 1.165) is 10.3 Å². The molecule has 0 saturated carbocycles. The molecule has 0 aliphatic rings. The zero-order chi connectivity index (χ0) is 15.3. The molecule has 1 aromatic heterocycles. The summed E-state index contributed by atoms with van der Waals surface area (Å²) in [4.78, 5) is 0. The van der Waals surface area contributed by atoms with Crippen LogP contribution in [-0.2, 0) is 5.75 Å². The fraction of sp³-hybridized carbons (Fsp3) is 0.214. The van der Waals surface area contributed by atoms with E-state index in [4.69, 9.17) is 0 Å². The van der Waals surface area contributed by atoms with E-state index in [1.165, 1.54) is 30.1 Å². The fourth-order valence-electron chi connectivity index (χ4n) is 1.53. The summed E-state index contributed by atoms with van der Waals surface area (Å²) in [7, 11) is 0. The Labute approximate surface area is 123 Å². The van der Waals surface area contributed by atoms with Crippen LogP contribution in [0.1, 0.15) is 5.56 Å². The van der Waals surface area contributed by atoms with Crippen molar-refractivity contribution in [2.24, 2.45) is 0 Å². The maximum atomic E-state index is 12.0. The third-order valence-electron chi connectivity index (χ3n) is 2.50. The first kappa shape index (κ1) is 15.5. The molecule has 0 amide bonds. The molecular weight excluding hydrogens is 303 g/mol. The predicted molar refractivity (Wildman–Crippen MR) is 73.0 cm³/mol. The molecule has 7 heteroatoms. The molecule has 1 aromatic carbocycles. The molecule has 1 heterocycles. The zero-order valence-corrected chi connectivity index (χ0v) is 11.7. The molecule has 0 radical (unpaired) electrons. The molecule has 0 fully saturated rings. The number of thioether (sulfide) groups is 1. The summed E-state index contributed by atoms with van der Waals surface area (Å²) >= 11 is 1.35. The zero-order valence-electron chi connectivity index (χ0n) is 10.8. The van der Waals surface area contributed by atoms with Crippen molar-refractivity contribution in [3.63, 3.8) is 0 Å². The van der Waals surface area contributed by atoms with Gasteiger partial charge in [0.2, 0.25) is 0 Å². The van der Waals surface area contributed by atoms with Gasteiger partial charge in [-0.2, -0.15) is 17.9 Å². The lowest BCUT2D eigenvalue weighted by molar-refractivity contribution is -0.645. The van der Waals surface area contributed by atoms with Crippen molar-refractivity contribution in [3.05, 3.63) is 59.4 Å². The molecule has 0 aliphatic carbocycles. The highest BCUT2D eigenvalue weighted by molar-refractivity contribution is 7.98. The SMILES string of the molecule is [O-][n+]1ccccc1SCc1ccc(OCC(F)(F)F)cc1. The number of halogens is 3. The smallest absolute Gasteiger partial charge is 0.422 e. The van der Waals surface area contributed by atoms with E-state index < -0.39 is 12.8 Å². The Bertz CT molecular complexity index is 588. The highest BCUT2D eigenvalue weighted by Crippen LogP contribution is 2.22. The van der Waals surface area contributed by atoms with Crippen LogP contribution in [0.15, 0.2) is 53.7 Å². The molecule has 0 bridgehead atoms. The summed E-state index contributed by atoms with van der Waals surface area (Å²) in [5, 5.41) is 12.0. The second-order valence-corrected chi connectivity index (χ2v) is 5.20. The van der Waals surface area contributed by atoms with Crippen LogP contribution in [0.2, 0.25) is 0 Å².